The molecule has 0 bridgehead atoms. The van der Waals surface area contributed by atoms with Gasteiger partial charge in [0.1, 0.15) is 0 Å². The number of amides is 1. The molecule has 1 aliphatic heterocycles. The molecule has 27 heavy (non-hydrogen) atoms. The molecule has 0 radical (unpaired) electrons. The molecular weight excluding hydrogens is 366 g/mol. The minimum atomic E-state index is -3.97. The maximum Gasteiger partial charge on any atom is 0.276 e. The number of carbonyl (C=O) groups excluding carboxylic acids is 1. The smallest absolute Gasteiger partial charge is 0.276 e. The van der Waals surface area contributed by atoms with Crippen LogP contribution in [0.5, 0.6) is 0 Å². The molecule has 0 spiro atoms. The number of fused-ring (bicyclic) bond motifs is 1. The average Bonchev–Trinajstić information content (AvgIpc) is 2.64. The van der Waals surface area contributed by atoms with Gasteiger partial charge in [0.25, 0.3) is 15.9 Å². The summed E-state index contributed by atoms with van der Waals surface area (Å²) < 4.78 is 27.2. The minimum Gasteiger partial charge on any atom is -0.505 e. The van der Waals surface area contributed by atoms with Gasteiger partial charge in [0.15, 0.2) is 11.5 Å². The van der Waals surface area contributed by atoms with Crippen molar-refractivity contribution in [2.24, 2.45) is 0 Å². The monoisotopic (exact) mass is 387 g/mol. The number of hydrogen-bond acceptors (Lipinski definition) is 5. The lowest BCUT2D eigenvalue weighted by Crippen LogP contribution is -2.42. The highest BCUT2D eigenvalue weighted by molar-refractivity contribution is 7.89. The summed E-state index contributed by atoms with van der Waals surface area (Å²) in [6.45, 7) is 0.419. The highest BCUT2D eigenvalue weighted by atomic mass is 32.2. The van der Waals surface area contributed by atoms with Gasteiger partial charge in [-0.25, -0.2) is 8.42 Å². The van der Waals surface area contributed by atoms with Crippen molar-refractivity contribution in [2.75, 3.05) is 32.5 Å². The Hall–Kier alpha value is -2.84. The molecule has 3 rings (SSSR count). The van der Waals surface area contributed by atoms with Gasteiger partial charge in [-0.2, -0.15) is 0 Å². The Morgan fingerprint density at radius 2 is 1.70 bits per heavy atom. The summed E-state index contributed by atoms with van der Waals surface area (Å²) in [6, 6.07) is 14.8. The normalized spacial score (nSPS) is 15.6. The highest BCUT2D eigenvalue weighted by Gasteiger charge is 2.39. The van der Waals surface area contributed by atoms with Gasteiger partial charge in [0.05, 0.1) is 4.90 Å². The largest absolute Gasteiger partial charge is 0.505 e. The molecule has 0 aliphatic carbocycles. The summed E-state index contributed by atoms with van der Waals surface area (Å²) >= 11 is 0. The minimum absolute atomic E-state index is 0.0162. The second kappa shape index (κ2) is 7.42. The van der Waals surface area contributed by atoms with Crippen LogP contribution in [0.15, 0.2) is 65.2 Å². The van der Waals surface area contributed by atoms with Crippen molar-refractivity contribution in [3.05, 3.63) is 65.9 Å². The van der Waals surface area contributed by atoms with Crippen molar-refractivity contribution in [2.45, 2.75) is 4.90 Å². The van der Waals surface area contributed by atoms with E-state index in [9.17, 15) is 18.3 Å². The molecule has 0 aromatic heterocycles. The Morgan fingerprint density at radius 1 is 1.07 bits per heavy atom. The molecule has 2 aromatic rings. The fraction of sp³-hybridized carbons (Fsp3) is 0.211. The van der Waals surface area contributed by atoms with Gasteiger partial charge in [-0.3, -0.25) is 9.10 Å². The van der Waals surface area contributed by atoms with Crippen LogP contribution in [-0.4, -0.2) is 55.8 Å². The van der Waals surface area contributed by atoms with Gasteiger partial charge in [0.2, 0.25) is 0 Å². The third-order valence-corrected chi connectivity index (χ3v) is 6.04. The van der Waals surface area contributed by atoms with Crippen LogP contribution in [0.1, 0.15) is 5.56 Å². The van der Waals surface area contributed by atoms with Crippen molar-refractivity contribution in [3.8, 4) is 0 Å². The van der Waals surface area contributed by atoms with E-state index in [-0.39, 0.29) is 28.5 Å². The van der Waals surface area contributed by atoms with E-state index in [0.717, 1.165) is 4.31 Å². The van der Waals surface area contributed by atoms with E-state index in [1.54, 1.807) is 61.5 Å². The van der Waals surface area contributed by atoms with Crippen LogP contribution < -0.4 is 5.32 Å². The molecule has 1 aliphatic rings. The van der Waals surface area contributed by atoms with Crippen molar-refractivity contribution in [3.63, 3.8) is 0 Å². The Bertz CT molecular complexity index is 985. The maximum absolute atomic E-state index is 13.1. The summed E-state index contributed by atoms with van der Waals surface area (Å²) in [5, 5.41) is 13.4. The Morgan fingerprint density at radius 3 is 2.37 bits per heavy atom. The number of aliphatic hydroxyl groups excluding tert-OH is 1. The van der Waals surface area contributed by atoms with Crippen molar-refractivity contribution < 1.29 is 18.3 Å². The summed E-state index contributed by atoms with van der Waals surface area (Å²) in [5.41, 5.74) is 0.350. The van der Waals surface area contributed by atoms with E-state index in [1.807, 2.05) is 0 Å². The molecule has 142 valence electrons. The van der Waals surface area contributed by atoms with Crippen LogP contribution >= 0.6 is 0 Å². The second-order valence-corrected chi connectivity index (χ2v) is 8.22. The molecule has 0 saturated carbocycles. The Labute approximate surface area is 158 Å². The lowest BCUT2D eigenvalue weighted by atomic mass is 10.1. The van der Waals surface area contributed by atoms with Crippen LogP contribution in [0.2, 0.25) is 0 Å². The second-order valence-electron chi connectivity index (χ2n) is 6.39. The van der Waals surface area contributed by atoms with Crippen LogP contribution in [-0.2, 0) is 14.8 Å². The summed E-state index contributed by atoms with van der Waals surface area (Å²) in [4.78, 5) is 14.7. The molecule has 0 unspecified atom stereocenters. The molecule has 1 heterocycles. The molecule has 1 amide bonds. The van der Waals surface area contributed by atoms with Crippen molar-refractivity contribution in [1.82, 2.24) is 9.21 Å². The van der Waals surface area contributed by atoms with Gasteiger partial charge >= 0.3 is 0 Å². The standard InChI is InChI=1S/C19H21N3O4S/c1-21(2)12-13-22-17(19(24)20-14-8-4-3-5-9-14)18(23)15-10-6-7-11-16(15)27(22,25)26/h3-11,23H,12-13H2,1-2H3,(H,20,24). The molecule has 0 saturated heterocycles. The molecule has 7 nitrogen and oxygen atoms in total. The molecule has 2 aromatic carbocycles. The fourth-order valence-electron chi connectivity index (χ4n) is 2.83. The number of nitrogens with zero attached hydrogens (tertiary/aromatic N) is 2. The molecule has 0 fully saturated rings. The first kappa shape index (κ1) is 18.9. The van der Waals surface area contributed by atoms with Crippen LogP contribution in [0.4, 0.5) is 5.69 Å². The SMILES string of the molecule is CN(C)CCN1C(C(=O)Nc2ccccc2)=C(O)c2ccccc2S1(=O)=O. The first-order chi connectivity index (χ1) is 12.8. The van der Waals surface area contributed by atoms with E-state index >= 15 is 0 Å². The zero-order valence-electron chi connectivity index (χ0n) is 15.1. The van der Waals surface area contributed by atoms with E-state index in [4.69, 9.17) is 0 Å². The summed E-state index contributed by atoms with van der Waals surface area (Å²) in [6.07, 6.45) is 0. The van der Waals surface area contributed by atoms with Gasteiger partial charge in [-0.1, -0.05) is 30.3 Å². The van der Waals surface area contributed by atoms with Crippen molar-refractivity contribution >= 4 is 27.4 Å². The average molecular weight is 387 g/mol. The number of likely N-dealkylation sites (N-methyl/N-ethyl adjacent to an activating group) is 1. The quantitative estimate of drug-likeness (QED) is 0.820. The van der Waals surface area contributed by atoms with E-state index < -0.39 is 15.9 Å². The van der Waals surface area contributed by atoms with Gasteiger partial charge in [0, 0.05) is 24.3 Å². The number of benzene rings is 2. The highest BCUT2D eigenvalue weighted by Crippen LogP contribution is 2.35. The Kier molecular flexibility index (Phi) is 5.20. The molecule has 2 N–H and O–H groups in total. The van der Waals surface area contributed by atoms with Crippen LogP contribution in [0, 0.1) is 0 Å². The van der Waals surface area contributed by atoms with Crippen LogP contribution in [0.25, 0.3) is 5.76 Å². The number of carbonyl (C=O) groups is 1. The van der Waals surface area contributed by atoms with Gasteiger partial charge in [-0.05, 0) is 38.4 Å². The molecular formula is C19H21N3O4S. The first-order valence-corrected chi connectivity index (χ1v) is 9.83. The molecule has 8 heteroatoms. The number of nitrogens with one attached hydrogen (secondary N) is 1. The lowest BCUT2D eigenvalue weighted by Gasteiger charge is -2.32. The lowest BCUT2D eigenvalue weighted by molar-refractivity contribution is -0.113. The van der Waals surface area contributed by atoms with Crippen molar-refractivity contribution in [1.29, 1.82) is 0 Å². The number of anilines is 1. The Balaban J connectivity index is 2.09. The fourth-order valence-corrected chi connectivity index (χ4v) is 4.49. The summed E-state index contributed by atoms with van der Waals surface area (Å²) in [5.74, 6) is -1.04. The van der Waals surface area contributed by atoms with Gasteiger partial charge < -0.3 is 15.3 Å². The van der Waals surface area contributed by atoms with E-state index in [1.165, 1.54) is 12.1 Å². The summed E-state index contributed by atoms with van der Waals surface area (Å²) in [7, 11) is -0.363. The predicted molar refractivity (Wildman–Crippen MR) is 104 cm³/mol. The topological polar surface area (TPSA) is 89.9 Å². The zero-order valence-corrected chi connectivity index (χ0v) is 15.9. The van der Waals surface area contributed by atoms with E-state index in [2.05, 4.69) is 5.32 Å². The number of rotatable bonds is 5. The third-order valence-electron chi connectivity index (χ3n) is 4.18. The predicted octanol–water partition coefficient (Wildman–Crippen LogP) is 2.12. The van der Waals surface area contributed by atoms with Crippen LogP contribution in [0.3, 0.4) is 0 Å². The third kappa shape index (κ3) is 3.67. The number of para-hydroxylation sites is 1. The molecule has 0 atom stereocenters. The number of hydrogen-bond donors (Lipinski definition) is 2. The number of sulfonamides is 1. The number of aliphatic hydroxyl groups is 1. The van der Waals surface area contributed by atoms with E-state index in [0.29, 0.717) is 12.2 Å². The van der Waals surface area contributed by atoms with Gasteiger partial charge in [-0.15, -0.1) is 0 Å². The maximum atomic E-state index is 13.1. The zero-order chi connectivity index (χ0) is 19.6. The first-order valence-electron chi connectivity index (χ1n) is 8.39.